The SMILES string of the molecule is C=C(CCC(C)(F)F)C(N)=O. The molecule has 0 unspecified atom stereocenters. The van der Waals surface area contributed by atoms with Gasteiger partial charge in [-0.05, 0) is 13.3 Å². The Balaban J connectivity index is 3.73. The van der Waals surface area contributed by atoms with Gasteiger partial charge >= 0.3 is 0 Å². The molecule has 2 N–H and O–H groups in total. The summed E-state index contributed by atoms with van der Waals surface area (Å²) in [7, 11) is 0. The van der Waals surface area contributed by atoms with Gasteiger partial charge in [0.2, 0.25) is 11.8 Å². The lowest BCUT2D eigenvalue weighted by molar-refractivity contribution is -0.114. The number of hydrogen-bond donors (Lipinski definition) is 1. The Labute approximate surface area is 64.1 Å². The predicted octanol–water partition coefficient (Wildman–Crippen LogP) is 1.46. The van der Waals surface area contributed by atoms with Gasteiger partial charge in [0.15, 0.2) is 0 Å². The third-order valence-corrected chi connectivity index (χ3v) is 1.21. The average Bonchev–Trinajstić information content (AvgIpc) is 1.80. The van der Waals surface area contributed by atoms with Crippen molar-refractivity contribution >= 4 is 5.91 Å². The highest BCUT2D eigenvalue weighted by atomic mass is 19.3. The molecular formula is C7H11F2NO. The molecule has 0 aliphatic carbocycles. The molecule has 0 aliphatic rings. The molecule has 2 nitrogen and oxygen atoms in total. The van der Waals surface area contributed by atoms with Crippen molar-refractivity contribution in [3.63, 3.8) is 0 Å². The minimum absolute atomic E-state index is 0.0428. The van der Waals surface area contributed by atoms with Crippen molar-refractivity contribution < 1.29 is 13.6 Å². The van der Waals surface area contributed by atoms with Crippen LogP contribution in [0.1, 0.15) is 19.8 Å². The molecule has 0 fully saturated rings. The quantitative estimate of drug-likeness (QED) is 0.626. The molecular weight excluding hydrogens is 152 g/mol. The number of amides is 1. The van der Waals surface area contributed by atoms with E-state index in [9.17, 15) is 13.6 Å². The summed E-state index contributed by atoms with van der Waals surface area (Å²) in [4.78, 5) is 10.3. The van der Waals surface area contributed by atoms with Crippen LogP contribution in [0.15, 0.2) is 12.2 Å². The third kappa shape index (κ3) is 5.51. The van der Waals surface area contributed by atoms with Crippen molar-refractivity contribution in [3.8, 4) is 0 Å². The molecule has 0 bridgehead atoms. The molecule has 1 amide bonds. The fourth-order valence-electron chi connectivity index (χ4n) is 0.494. The molecule has 0 rings (SSSR count). The Morgan fingerprint density at radius 3 is 2.36 bits per heavy atom. The Morgan fingerprint density at radius 1 is 1.64 bits per heavy atom. The Hall–Kier alpha value is -0.930. The van der Waals surface area contributed by atoms with Crippen LogP contribution >= 0.6 is 0 Å². The van der Waals surface area contributed by atoms with Gasteiger partial charge < -0.3 is 5.73 Å². The molecule has 0 saturated carbocycles. The maximum absolute atomic E-state index is 12.2. The van der Waals surface area contributed by atoms with Gasteiger partial charge in [0, 0.05) is 12.0 Å². The van der Waals surface area contributed by atoms with Crippen molar-refractivity contribution in [1.29, 1.82) is 0 Å². The number of rotatable bonds is 4. The second-order valence-corrected chi connectivity index (χ2v) is 2.54. The maximum Gasteiger partial charge on any atom is 0.245 e. The summed E-state index contributed by atoms with van der Waals surface area (Å²) in [5.41, 5.74) is 4.83. The van der Waals surface area contributed by atoms with Crippen molar-refractivity contribution in [1.82, 2.24) is 0 Å². The van der Waals surface area contributed by atoms with E-state index in [0.717, 1.165) is 6.92 Å². The van der Waals surface area contributed by atoms with E-state index in [-0.39, 0.29) is 18.4 Å². The lowest BCUT2D eigenvalue weighted by Gasteiger charge is -2.08. The molecule has 0 heterocycles. The first-order valence-electron chi connectivity index (χ1n) is 3.18. The van der Waals surface area contributed by atoms with E-state index in [4.69, 9.17) is 5.73 Å². The average molecular weight is 163 g/mol. The van der Waals surface area contributed by atoms with Crippen LogP contribution in [0, 0.1) is 0 Å². The number of halogens is 2. The fraction of sp³-hybridized carbons (Fsp3) is 0.571. The van der Waals surface area contributed by atoms with Gasteiger partial charge in [0.25, 0.3) is 0 Å². The summed E-state index contributed by atoms with van der Waals surface area (Å²) in [5.74, 6) is -3.47. The molecule has 4 heteroatoms. The maximum atomic E-state index is 12.2. The molecule has 11 heavy (non-hydrogen) atoms. The number of nitrogens with two attached hydrogens (primary N) is 1. The molecule has 0 saturated heterocycles. The van der Waals surface area contributed by atoms with Gasteiger partial charge in [-0.2, -0.15) is 0 Å². The minimum atomic E-state index is -2.75. The van der Waals surface area contributed by atoms with Gasteiger partial charge in [0.05, 0.1) is 0 Å². The monoisotopic (exact) mass is 163 g/mol. The van der Waals surface area contributed by atoms with Crippen molar-refractivity contribution in [2.75, 3.05) is 0 Å². The highest BCUT2D eigenvalue weighted by molar-refractivity contribution is 5.91. The molecule has 0 aromatic carbocycles. The molecule has 0 atom stereocenters. The standard InChI is InChI=1S/C7H11F2NO/c1-5(6(10)11)3-4-7(2,8)9/h1,3-4H2,2H3,(H2,10,11). The zero-order valence-electron chi connectivity index (χ0n) is 6.36. The molecule has 0 radical (unpaired) electrons. The number of carbonyl (C=O) groups excluding carboxylic acids is 1. The van der Waals surface area contributed by atoms with Crippen LogP contribution < -0.4 is 5.73 Å². The second kappa shape index (κ2) is 3.46. The third-order valence-electron chi connectivity index (χ3n) is 1.21. The van der Waals surface area contributed by atoms with Crippen LogP contribution in [0.3, 0.4) is 0 Å². The lowest BCUT2D eigenvalue weighted by Crippen LogP contribution is -2.16. The van der Waals surface area contributed by atoms with E-state index in [1.54, 1.807) is 0 Å². The van der Waals surface area contributed by atoms with Crippen molar-refractivity contribution in [2.45, 2.75) is 25.7 Å². The van der Waals surface area contributed by atoms with Crippen molar-refractivity contribution in [3.05, 3.63) is 12.2 Å². The number of primary amides is 1. The van der Waals surface area contributed by atoms with Crippen LogP contribution in [0.5, 0.6) is 0 Å². The van der Waals surface area contributed by atoms with Gasteiger partial charge in [-0.25, -0.2) is 8.78 Å². The van der Waals surface area contributed by atoms with Crippen LogP contribution in [-0.2, 0) is 4.79 Å². The van der Waals surface area contributed by atoms with E-state index in [0.29, 0.717) is 0 Å². The smallest absolute Gasteiger partial charge is 0.245 e. The lowest BCUT2D eigenvalue weighted by atomic mass is 10.1. The van der Waals surface area contributed by atoms with Gasteiger partial charge in [-0.1, -0.05) is 6.58 Å². The summed E-state index contributed by atoms with van der Waals surface area (Å²) < 4.78 is 24.3. The van der Waals surface area contributed by atoms with Crippen LogP contribution in [0.4, 0.5) is 8.78 Å². The first-order valence-corrected chi connectivity index (χ1v) is 3.18. The zero-order valence-corrected chi connectivity index (χ0v) is 6.36. The summed E-state index contributed by atoms with van der Waals surface area (Å²) in [6, 6.07) is 0. The first kappa shape index (κ1) is 10.1. The number of carbonyl (C=O) groups is 1. The van der Waals surface area contributed by atoms with Crippen LogP contribution in [0.25, 0.3) is 0 Å². The minimum Gasteiger partial charge on any atom is -0.366 e. The Bertz CT molecular complexity index is 172. The van der Waals surface area contributed by atoms with E-state index in [1.807, 2.05) is 0 Å². The number of alkyl halides is 2. The topological polar surface area (TPSA) is 43.1 Å². The first-order chi connectivity index (χ1) is 4.83. The summed E-state index contributed by atoms with van der Waals surface area (Å²) in [6.07, 6.45) is -0.423. The van der Waals surface area contributed by atoms with E-state index >= 15 is 0 Å². The zero-order chi connectivity index (χ0) is 9.07. The van der Waals surface area contributed by atoms with Crippen LogP contribution in [-0.4, -0.2) is 11.8 Å². The molecule has 0 aliphatic heterocycles. The van der Waals surface area contributed by atoms with E-state index in [2.05, 4.69) is 6.58 Å². The highest BCUT2D eigenvalue weighted by Gasteiger charge is 2.21. The molecule has 0 spiro atoms. The van der Waals surface area contributed by atoms with Crippen LogP contribution in [0.2, 0.25) is 0 Å². The van der Waals surface area contributed by atoms with E-state index in [1.165, 1.54) is 0 Å². The predicted molar refractivity (Wildman–Crippen MR) is 38.2 cm³/mol. The summed E-state index contributed by atoms with van der Waals surface area (Å²) in [5, 5.41) is 0. The largest absolute Gasteiger partial charge is 0.366 e. The highest BCUT2D eigenvalue weighted by Crippen LogP contribution is 2.20. The van der Waals surface area contributed by atoms with E-state index < -0.39 is 11.8 Å². The van der Waals surface area contributed by atoms with Gasteiger partial charge in [0.1, 0.15) is 0 Å². The van der Waals surface area contributed by atoms with Gasteiger partial charge in [-0.15, -0.1) is 0 Å². The molecule has 0 aromatic heterocycles. The Kier molecular flexibility index (Phi) is 3.17. The normalized spacial score (nSPS) is 11.2. The van der Waals surface area contributed by atoms with Crippen molar-refractivity contribution in [2.24, 2.45) is 5.73 Å². The summed E-state index contributed by atoms with van der Waals surface area (Å²) in [6.45, 7) is 4.04. The molecule has 0 aromatic rings. The van der Waals surface area contributed by atoms with Gasteiger partial charge in [-0.3, -0.25) is 4.79 Å². The summed E-state index contributed by atoms with van der Waals surface area (Å²) >= 11 is 0. The molecule has 64 valence electrons. The number of hydrogen-bond acceptors (Lipinski definition) is 1. The fourth-order valence-corrected chi connectivity index (χ4v) is 0.494. The Morgan fingerprint density at radius 2 is 2.09 bits per heavy atom. The second-order valence-electron chi connectivity index (χ2n) is 2.54.